The van der Waals surface area contributed by atoms with E-state index in [2.05, 4.69) is 14.9 Å². The fourth-order valence-corrected chi connectivity index (χ4v) is 4.08. The number of pyridine rings is 2. The number of carboxylic acids is 1. The Hall–Kier alpha value is -3.99. The molecule has 0 radical (unpaired) electrons. The maximum absolute atomic E-state index is 12.7. The molecule has 200 valence electrons. The number of amides is 1. The smallest absolute Gasteiger partial charge is 0.417 e. The van der Waals surface area contributed by atoms with Gasteiger partial charge in [-0.05, 0) is 61.3 Å². The topological polar surface area (TPSA) is 95.9 Å². The van der Waals surface area contributed by atoms with Crippen LogP contribution in [0.25, 0.3) is 0 Å². The number of aromatic nitrogens is 2. The van der Waals surface area contributed by atoms with E-state index >= 15 is 0 Å². The number of nitrogens with zero attached hydrogens (tertiary/aromatic N) is 4. The third-order valence-electron chi connectivity index (χ3n) is 6.28. The van der Waals surface area contributed by atoms with Gasteiger partial charge in [0.2, 0.25) is 0 Å². The van der Waals surface area contributed by atoms with Gasteiger partial charge in [-0.3, -0.25) is 14.9 Å². The van der Waals surface area contributed by atoms with Crippen molar-refractivity contribution in [2.24, 2.45) is 0 Å². The van der Waals surface area contributed by atoms with Gasteiger partial charge >= 0.3 is 18.2 Å². The van der Waals surface area contributed by atoms with Crippen molar-refractivity contribution in [3.05, 3.63) is 89.0 Å². The first-order valence-electron chi connectivity index (χ1n) is 12.2. The molecule has 3 heterocycles. The average molecular weight is 529 g/mol. The Bertz CT molecular complexity index is 1230. The summed E-state index contributed by atoms with van der Waals surface area (Å²) >= 11 is 0. The first kappa shape index (κ1) is 27.1. The van der Waals surface area contributed by atoms with Gasteiger partial charge in [-0.1, -0.05) is 12.1 Å². The third kappa shape index (κ3) is 7.51. The van der Waals surface area contributed by atoms with Crippen LogP contribution in [0.2, 0.25) is 0 Å². The lowest BCUT2D eigenvalue weighted by Gasteiger charge is -2.34. The molecular formula is C27H27F3N4O4. The van der Waals surface area contributed by atoms with Gasteiger partial charge in [0.05, 0.1) is 11.1 Å². The van der Waals surface area contributed by atoms with Crippen LogP contribution >= 0.6 is 0 Å². The van der Waals surface area contributed by atoms with Crippen LogP contribution in [0.4, 0.5) is 18.0 Å². The minimum atomic E-state index is -4.42. The first-order valence-corrected chi connectivity index (χ1v) is 12.2. The van der Waals surface area contributed by atoms with Gasteiger partial charge in [0, 0.05) is 56.4 Å². The molecule has 2 aromatic heterocycles. The molecule has 38 heavy (non-hydrogen) atoms. The highest BCUT2D eigenvalue weighted by molar-refractivity contribution is 5.87. The van der Waals surface area contributed by atoms with Crippen molar-refractivity contribution in [3.63, 3.8) is 0 Å². The first-order chi connectivity index (χ1) is 18.2. The van der Waals surface area contributed by atoms with Crippen LogP contribution in [0.15, 0.2) is 60.9 Å². The molecule has 3 aromatic rings. The Morgan fingerprint density at radius 3 is 2.16 bits per heavy atom. The maximum Gasteiger partial charge on any atom is 0.417 e. The van der Waals surface area contributed by atoms with Crippen LogP contribution in [-0.4, -0.2) is 69.7 Å². The van der Waals surface area contributed by atoms with E-state index in [1.54, 1.807) is 41.3 Å². The average Bonchev–Trinajstić information content (AvgIpc) is 2.90. The lowest BCUT2D eigenvalue weighted by atomic mass is 10.1. The van der Waals surface area contributed by atoms with E-state index in [4.69, 9.17) is 9.84 Å². The molecule has 8 nitrogen and oxygen atoms in total. The van der Waals surface area contributed by atoms with Gasteiger partial charge in [-0.2, -0.15) is 13.2 Å². The predicted molar refractivity (Wildman–Crippen MR) is 132 cm³/mol. The number of piperazine rings is 1. The second kappa shape index (κ2) is 12.0. The third-order valence-corrected chi connectivity index (χ3v) is 6.28. The van der Waals surface area contributed by atoms with E-state index in [0.717, 1.165) is 56.0 Å². The van der Waals surface area contributed by atoms with E-state index in [1.807, 2.05) is 0 Å². The van der Waals surface area contributed by atoms with Crippen molar-refractivity contribution in [1.29, 1.82) is 0 Å². The molecule has 0 atom stereocenters. The number of aryl methyl sites for hydroxylation is 1. The van der Waals surface area contributed by atoms with Gasteiger partial charge in [0.15, 0.2) is 0 Å². The van der Waals surface area contributed by atoms with Crippen LogP contribution in [0.1, 0.15) is 39.3 Å². The molecule has 1 aliphatic rings. The fraction of sp³-hybridized carbons (Fsp3) is 0.333. The number of carbonyl (C=O) groups excluding carboxylic acids is 1. The second-order valence-electron chi connectivity index (χ2n) is 9.00. The number of benzene rings is 1. The molecule has 1 N–H and O–H groups in total. The highest BCUT2D eigenvalue weighted by Gasteiger charge is 2.30. The lowest BCUT2D eigenvalue weighted by Crippen LogP contribution is -2.49. The van der Waals surface area contributed by atoms with Gasteiger partial charge in [0.25, 0.3) is 0 Å². The molecule has 1 amide bonds. The van der Waals surface area contributed by atoms with Crippen LogP contribution in [0.3, 0.4) is 0 Å². The van der Waals surface area contributed by atoms with Crippen molar-refractivity contribution in [2.75, 3.05) is 32.7 Å². The molecule has 1 fully saturated rings. The summed E-state index contributed by atoms with van der Waals surface area (Å²) in [5.41, 5.74) is 1.57. The molecule has 11 heteroatoms. The summed E-state index contributed by atoms with van der Waals surface area (Å²) in [4.78, 5) is 35.5. The highest BCUT2D eigenvalue weighted by atomic mass is 19.4. The van der Waals surface area contributed by atoms with Crippen LogP contribution in [-0.2, 0) is 19.0 Å². The summed E-state index contributed by atoms with van der Waals surface area (Å²) in [5, 5.41) is 8.94. The van der Waals surface area contributed by atoms with E-state index < -0.39 is 23.8 Å². The molecule has 0 saturated carbocycles. The monoisotopic (exact) mass is 528 g/mol. The van der Waals surface area contributed by atoms with Gasteiger partial charge < -0.3 is 14.7 Å². The van der Waals surface area contributed by atoms with E-state index in [-0.39, 0.29) is 5.56 Å². The highest BCUT2D eigenvalue weighted by Crippen LogP contribution is 2.28. The molecule has 1 saturated heterocycles. The summed E-state index contributed by atoms with van der Waals surface area (Å²) in [6.45, 7) is 3.38. The minimum absolute atomic E-state index is 0.170. The van der Waals surface area contributed by atoms with Gasteiger partial charge in [0.1, 0.15) is 5.75 Å². The number of alkyl halides is 3. The zero-order chi connectivity index (χ0) is 27.1. The SMILES string of the molecule is O=C(O)c1ccc(CCCN2CCN(C(=O)Oc3ccc(Cc4ccc(C(F)(F)F)cn4)cc3)CC2)nc1. The standard InChI is InChI=1S/C27H27F3N4O4/c28-27(29,30)21-6-8-23(32-18-21)16-19-3-9-24(10-4-19)38-26(37)34-14-12-33(13-15-34)11-1-2-22-7-5-20(17-31-22)25(35)36/h3-10,17-18H,1-2,11-16H2,(H,35,36). The number of hydrogen-bond acceptors (Lipinski definition) is 6. The largest absolute Gasteiger partial charge is 0.478 e. The molecule has 0 spiro atoms. The quantitative estimate of drug-likeness (QED) is 0.459. The van der Waals surface area contributed by atoms with Gasteiger partial charge in [-0.25, -0.2) is 9.59 Å². The van der Waals surface area contributed by atoms with Crippen molar-refractivity contribution >= 4 is 12.1 Å². The number of hydrogen-bond donors (Lipinski definition) is 1. The lowest BCUT2D eigenvalue weighted by molar-refractivity contribution is -0.137. The van der Waals surface area contributed by atoms with Gasteiger partial charge in [-0.15, -0.1) is 0 Å². The summed E-state index contributed by atoms with van der Waals surface area (Å²) < 4.78 is 43.5. The maximum atomic E-state index is 12.7. The number of ether oxygens (including phenoxy) is 1. The van der Waals surface area contributed by atoms with E-state index in [0.29, 0.717) is 31.0 Å². The second-order valence-corrected chi connectivity index (χ2v) is 9.00. The predicted octanol–water partition coefficient (Wildman–Crippen LogP) is 4.53. The Kier molecular flexibility index (Phi) is 8.57. The number of rotatable bonds is 8. The van der Waals surface area contributed by atoms with Crippen molar-refractivity contribution in [2.45, 2.75) is 25.4 Å². The number of carboxylic acid groups (broad SMARTS) is 1. The fourth-order valence-electron chi connectivity index (χ4n) is 4.08. The molecule has 0 bridgehead atoms. The molecular weight excluding hydrogens is 501 g/mol. The Labute approximate surface area is 217 Å². The Morgan fingerprint density at radius 1 is 0.895 bits per heavy atom. The number of carbonyl (C=O) groups is 2. The van der Waals surface area contributed by atoms with Crippen LogP contribution in [0, 0.1) is 0 Å². The number of aromatic carboxylic acids is 1. The summed E-state index contributed by atoms with van der Waals surface area (Å²) in [7, 11) is 0. The summed E-state index contributed by atoms with van der Waals surface area (Å²) in [6, 6.07) is 12.5. The van der Waals surface area contributed by atoms with Crippen LogP contribution < -0.4 is 4.74 Å². The zero-order valence-corrected chi connectivity index (χ0v) is 20.5. The normalized spacial score (nSPS) is 14.3. The van der Waals surface area contributed by atoms with E-state index in [1.165, 1.54) is 12.3 Å². The molecule has 4 rings (SSSR count). The summed E-state index contributed by atoms with van der Waals surface area (Å²) in [6.07, 6.45) is -0.676. The van der Waals surface area contributed by atoms with Crippen molar-refractivity contribution in [1.82, 2.24) is 19.8 Å². The molecule has 1 aromatic carbocycles. The summed E-state index contributed by atoms with van der Waals surface area (Å²) in [5.74, 6) is -0.602. The zero-order valence-electron chi connectivity index (χ0n) is 20.5. The Balaban J connectivity index is 1.17. The minimum Gasteiger partial charge on any atom is -0.478 e. The Morgan fingerprint density at radius 2 is 1.58 bits per heavy atom. The molecule has 0 aliphatic carbocycles. The number of halogens is 3. The molecule has 1 aliphatic heterocycles. The molecule has 0 unspecified atom stereocenters. The van der Waals surface area contributed by atoms with Crippen LogP contribution in [0.5, 0.6) is 5.75 Å². The van der Waals surface area contributed by atoms with Crippen molar-refractivity contribution in [3.8, 4) is 5.75 Å². The van der Waals surface area contributed by atoms with E-state index in [9.17, 15) is 22.8 Å². The van der Waals surface area contributed by atoms with Crippen molar-refractivity contribution < 1.29 is 32.6 Å².